The molecule has 1 aliphatic rings. The number of rotatable bonds is 6. The predicted molar refractivity (Wildman–Crippen MR) is 68.6 cm³/mol. The summed E-state index contributed by atoms with van der Waals surface area (Å²) in [5.41, 5.74) is 1.09. The minimum Gasteiger partial charge on any atom is -0.383 e. The van der Waals surface area contributed by atoms with Gasteiger partial charge in [-0.05, 0) is 0 Å². The molecule has 0 unspecified atom stereocenters. The number of hydrogen-bond donors (Lipinski definition) is 1. The fourth-order valence-electron chi connectivity index (χ4n) is 1.77. The zero-order chi connectivity index (χ0) is 12.6. The Morgan fingerprint density at radius 2 is 2.06 bits per heavy atom. The van der Waals surface area contributed by atoms with Crippen LogP contribution in [0, 0.1) is 0 Å². The standard InChI is InChI=1S/C12H20N4O2/c1-17-5-2-13-8-11-9-14-12(15-10-11)16-3-6-18-7-4-16/h9-10,13H,2-8H2,1H3. The molecule has 2 heterocycles. The first-order valence-corrected chi connectivity index (χ1v) is 6.23. The van der Waals surface area contributed by atoms with Gasteiger partial charge in [-0.15, -0.1) is 0 Å². The molecule has 6 nitrogen and oxygen atoms in total. The smallest absolute Gasteiger partial charge is 0.225 e. The molecule has 0 aliphatic carbocycles. The third-order valence-electron chi connectivity index (χ3n) is 2.80. The summed E-state index contributed by atoms with van der Waals surface area (Å²) >= 11 is 0. The van der Waals surface area contributed by atoms with Crippen LogP contribution < -0.4 is 10.2 Å². The van der Waals surface area contributed by atoms with Crippen LogP contribution in [-0.2, 0) is 16.0 Å². The Balaban J connectivity index is 1.81. The highest BCUT2D eigenvalue weighted by atomic mass is 16.5. The SMILES string of the molecule is COCCNCc1cnc(N2CCOCC2)nc1. The Morgan fingerprint density at radius 1 is 1.33 bits per heavy atom. The maximum absolute atomic E-state index is 5.30. The van der Waals surface area contributed by atoms with E-state index in [1.165, 1.54) is 0 Å². The van der Waals surface area contributed by atoms with Crippen LogP contribution in [0.2, 0.25) is 0 Å². The van der Waals surface area contributed by atoms with Gasteiger partial charge in [0.2, 0.25) is 5.95 Å². The number of morpholine rings is 1. The molecule has 1 N–H and O–H groups in total. The maximum atomic E-state index is 5.30. The van der Waals surface area contributed by atoms with E-state index in [1.54, 1.807) is 7.11 Å². The molecule has 1 aromatic heterocycles. The Bertz CT molecular complexity index is 338. The van der Waals surface area contributed by atoms with E-state index in [1.807, 2.05) is 12.4 Å². The molecule has 0 saturated carbocycles. The van der Waals surface area contributed by atoms with E-state index in [-0.39, 0.29) is 0 Å². The molecule has 1 aliphatic heterocycles. The Morgan fingerprint density at radius 3 is 2.72 bits per heavy atom. The molecular formula is C12H20N4O2. The number of ether oxygens (including phenoxy) is 2. The first-order chi connectivity index (χ1) is 8.90. The van der Waals surface area contributed by atoms with Crippen molar-refractivity contribution in [3.05, 3.63) is 18.0 Å². The molecule has 18 heavy (non-hydrogen) atoms. The van der Waals surface area contributed by atoms with E-state index in [2.05, 4.69) is 20.2 Å². The second kappa shape index (κ2) is 7.25. The summed E-state index contributed by atoms with van der Waals surface area (Å²) in [6.07, 6.45) is 3.75. The number of methoxy groups -OCH3 is 1. The van der Waals surface area contributed by atoms with Gasteiger partial charge in [0.25, 0.3) is 0 Å². The third kappa shape index (κ3) is 3.90. The molecule has 0 bridgehead atoms. The second-order valence-electron chi connectivity index (χ2n) is 4.16. The van der Waals surface area contributed by atoms with Crippen LogP contribution >= 0.6 is 0 Å². The van der Waals surface area contributed by atoms with Gasteiger partial charge in [0.05, 0.1) is 19.8 Å². The summed E-state index contributed by atoms with van der Waals surface area (Å²) < 4.78 is 10.3. The molecule has 0 atom stereocenters. The van der Waals surface area contributed by atoms with E-state index in [0.29, 0.717) is 6.61 Å². The van der Waals surface area contributed by atoms with Crippen LogP contribution in [0.3, 0.4) is 0 Å². The Hall–Kier alpha value is -1.24. The number of nitrogens with one attached hydrogen (secondary N) is 1. The third-order valence-corrected chi connectivity index (χ3v) is 2.80. The van der Waals surface area contributed by atoms with Crippen molar-refractivity contribution in [2.45, 2.75) is 6.54 Å². The van der Waals surface area contributed by atoms with Gasteiger partial charge in [-0.1, -0.05) is 0 Å². The Kier molecular flexibility index (Phi) is 5.32. The summed E-state index contributed by atoms with van der Waals surface area (Å²) in [6.45, 7) is 5.56. The normalized spacial score (nSPS) is 15.9. The van der Waals surface area contributed by atoms with Crippen LogP contribution in [0.15, 0.2) is 12.4 Å². The lowest BCUT2D eigenvalue weighted by molar-refractivity contribution is 0.122. The average molecular weight is 252 g/mol. The van der Waals surface area contributed by atoms with Crippen molar-refractivity contribution in [3.63, 3.8) is 0 Å². The molecular weight excluding hydrogens is 232 g/mol. The van der Waals surface area contributed by atoms with Crippen molar-refractivity contribution in [3.8, 4) is 0 Å². The fourth-order valence-corrected chi connectivity index (χ4v) is 1.77. The summed E-state index contributed by atoms with van der Waals surface area (Å²) in [7, 11) is 1.70. The molecule has 0 radical (unpaired) electrons. The van der Waals surface area contributed by atoms with Crippen molar-refractivity contribution in [1.29, 1.82) is 0 Å². The van der Waals surface area contributed by atoms with E-state index in [4.69, 9.17) is 9.47 Å². The number of hydrogen-bond acceptors (Lipinski definition) is 6. The molecule has 1 fully saturated rings. The number of nitrogens with zero attached hydrogens (tertiary/aromatic N) is 3. The highest BCUT2D eigenvalue weighted by Gasteiger charge is 2.13. The van der Waals surface area contributed by atoms with Gasteiger partial charge in [0.15, 0.2) is 0 Å². The van der Waals surface area contributed by atoms with Gasteiger partial charge >= 0.3 is 0 Å². The van der Waals surface area contributed by atoms with Gasteiger partial charge < -0.3 is 19.7 Å². The van der Waals surface area contributed by atoms with Crippen LogP contribution in [0.4, 0.5) is 5.95 Å². The zero-order valence-corrected chi connectivity index (χ0v) is 10.8. The van der Waals surface area contributed by atoms with Crippen molar-refractivity contribution >= 4 is 5.95 Å². The van der Waals surface area contributed by atoms with Crippen LogP contribution in [0.1, 0.15) is 5.56 Å². The quantitative estimate of drug-likeness (QED) is 0.722. The average Bonchev–Trinajstić information content (AvgIpc) is 2.45. The monoisotopic (exact) mass is 252 g/mol. The van der Waals surface area contributed by atoms with Crippen molar-refractivity contribution in [2.75, 3.05) is 51.5 Å². The van der Waals surface area contributed by atoms with Gasteiger partial charge in [-0.25, -0.2) is 9.97 Å². The van der Waals surface area contributed by atoms with Crippen LogP contribution in [0.5, 0.6) is 0 Å². The second-order valence-corrected chi connectivity index (χ2v) is 4.16. The maximum Gasteiger partial charge on any atom is 0.225 e. The van der Waals surface area contributed by atoms with Crippen LogP contribution in [0.25, 0.3) is 0 Å². The largest absolute Gasteiger partial charge is 0.383 e. The first kappa shape index (κ1) is 13.2. The summed E-state index contributed by atoms with van der Waals surface area (Å²) in [5, 5.41) is 3.26. The van der Waals surface area contributed by atoms with Crippen molar-refractivity contribution in [1.82, 2.24) is 15.3 Å². The van der Waals surface area contributed by atoms with Crippen LogP contribution in [-0.4, -0.2) is 56.5 Å². The number of aromatic nitrogens is 2. The van der Waals surface area contributed by atoms with Crippen molar-refractivity contribution < 1.29 is 9.47 Å². The highest BCUT2D eigenvalue weighted by molar-refractivity contribution is 5.30. The molecule has 1 saturated heterocycles. The van der Waals surface area contributed by atoms with Gasteiger partial charge in [-0.2, -0.15) is 0 Å². The lowest BCUT2D eigenvalue weighted by atomic mass is 10.3. The lowest BCUT2D eigenvalue weighted by Gasteiger charge is -2.26. The van der Waals surface area contributed by atoms with Crippen molar-refractivity contribution in [2.24, 2.45) is 0 Å². The summed E-state index contributed by atoms with van der Waals surface area (Å²) in [6, 6.07) is 0. The molecule has 6 heteroatoms. The van der Waals surface area contributed by atoms with E-state index in [0.717, 1.165) is 50.9 Å². The molecule has 0 spiro atoms. The minimum absolute atomic E-state index is 0.715. The first-order valence-electron chi connectivity index (χ1n) is 6.23. The van der Waals surface area contributed by atoms with E-state index in [9.17, 15) is 0 Å². The Labute approximate surface area is 107 Å². The fraction of sp³-hybridized carbons (Fsp3) is 0.667. The highest BCUT2D eigenvalue weighted by Crippen LogP contribution is 2.09. The topological polar surface area (TPSA) is 59.5 Å². The van der Waals surface area contributed by atoms with Gasteiger partial charge in [0, 0.05) is 51.2 Å². The number of anilines is 1. The molecule has 1 aromatic rings. The molecule has 2 rings (SSSR count). The molecule has 100 valence electrons. The zero-order valence-electron chi connectivity index (χ0n) is 10.8. The van der Waals surface area contributed by atoms with E-state index < -0.39 is 0 Å². The molecule has 0 amide bonds. The summed E-state index contributed by atoms with van der Waals surface area (Å²) in [4.78, 5) is 10.9. The molecule has 0 aromatic carbocycles. The minimum atomic E-state index is 0.715. The van der Waals surface area contributed by atoms with Gasteiger partial charge in [0.1, 0.15) is 0 Å². The van der Waals surface area contributed by atoms with E-state index >= 15 is 0 Å². The predicted octanol–water partition coefficient (Wildman–Crippen LogP) is 0.0492. The summed E-state index contributed by atoms with van der Waals surface area (Å²) in [5.74, 6) is 0.791. The van der Waals surface area contributed by atoms with Gasteiger partial charge in [-0.3, -0.25) is 0 Å². The lowest BCUT2D eigenvalue weighted by Crippen LogP contribution is -2.37.